The maximum Gasteiger partial charge on any atom is 0.233 e. The second-order valence-electron chi connectivity index (χ2n) is 7.76. The van der Waals surface area contributed by atoms with Crippen molar-refractivity contribution in [2.45, 2.75) is 32.1 Å². The Kier molecular flexibility index (Phi) is 5.98. The Labute approximate surface area is 171 Å². The highest BCUT2D eigenvalue weighted by atomic mass is 16.2. The summed E-state index contributed by atoms with van der Waals surface area (Å²) in [4.78, 5) is 29.1. The van der Waals surface area contributed by atoms with Gasteiger partial charge in [0.25, 0.3) is 0 Å². The van der Waals surface area contributed by atoms with E-state index >= 15 is 0 Å². The lowest BCUT2D eigenvalue weighted by atomic mass is 10.2. The molecule has 0 unspecified atom stereocenters. The summed E-state index contributed by atoms with van der Waals surface area (Å²) in [6.07, 6.45) is 4.72. The van der Waals surface area contributed by atoms with Gasteiger partial charge in [-0.15, -0.1) is 0 Å². The molecule has 29 heavy (non-hydrogen) atoms. The molecule has 0 spiro atoms. The van der Waals surface area contributed by atoms with Crippen LogP contribution in [0.3, 0.4) is 0 Å². The molecular formula is C23H28N4O2. The summed E-state index contributed by atoms with van der Waals surface area (Å²) in [5.41, 5.74) is 3.77. The van der Waals surface area contributed by atoms with Crippen LogP contribution in [0, 0.1) is 0 Å². The lowest BCUT2D eigenvalue weighted by molar-refractivity contribution is -0.123. The molecule has 152 valence electrons. The van der Waals surface area contributed by atoms with Crippen LogP contribution in [0.15, 0.2) is 48.5 Å². The van der Waals surface area contributed by atoms with Crippen LogP contribution < -0.4 is 20.4 Å². The maximum atomic E-state index is 12.2. The number of nitrogens with one attached hydrogen (secondary N) is 2. The molecule has 2 aromatic rings. The predicted octanol–water partition coefficient (Wildman–Crippen LogP) is 3.85. The zero-order valence-corrected chi connectivity index (χ0v) is 16.7. The van der Waals surface area contributed by atoms with Crippen molar-refractivity contribution >= 4 is 34.6 Å². The Bertz CT molecular complexity index is 765. The van der Waals surface area contributed by atoms with E-state index in [1.165, 1.54) is 37.1 Å². The summed E-state index contributed by atoms with van der Waals surface area (Å²) >= 11 is 0. The van der Waals surface area contributed by atoms with Crippen molar-refractivity contribution in [2.75, 3.05) is 46.6 Å². The number of benzene rings is 2. The van der Waals surface area contributed by atoms with Gasteiger partial charge >= 0.3 is 0 Å². The molecule has 6 heteroatoms. The Morgan fingerprint density at radius 1 is 0.621 bits per heavy atom. The fourth-order valence-corrected chi connectivity index (χ4v) is 4.02. The number of hydrogen-bond acceptors (Lipinski definition) is 4. The van der Waals surface area contributed by atoms with E-state index in [-0.39, 0.29) is 18.2 Å². The van der Waals surface area contributed by atoms with E-state index in [0.29, 0.717) is 11.4 Å². The lowest BCUT2D eigenvalue weighted by Gasteiger charge is -2.18. The summed E-state index contributed by atoms with van der Waals surface area (Å²) in [5, 5.41) is 5.60. The first-order valence-electron chi connectivity index (χ1n) is 10.5. The topological polar surface area (TPSA) is 64.7 Å². The van der Waals surface area contributed by atoms with Crippen LogP contribution in [-0.2, 0) is 9.59 Å². The third-order valence-electron chi connectivity index (χ3n) is 5.57. The van der Waals surface area contributed by atoms with Crippen molar-refractivity contribution in [2.24, 2.45) is 0 Å². The van der Waals surface area contributed by atoms with E-state index < -0.39 is 0 Å². The zero-order valence-electron chi connectivity index (χ0n) is 16.7. The van der Waals surface area contributed by atoms with E-state index in [9.17, 15) is 9.59 Å². The Balaban J connectivity index is 1.25. The molecule has 2 aromatic carbocycles. The molecule has 2 amide bonds. The van der Waals surface area contributed by atoms with Gasteiger partial charge in [0.1, 0.15) is 6.42 Å². The molecule has 4 rings (SSSR count). The van der Waals surface area contributed by atoms with Crippen LogP contribution in [-0.4, -0.2) is 38.0 Å². The molecule has 0 bridgehead atoms. The minimum atomic E-state index is -0.315. The molecule has 2 aliphatic heterocycles. The molecule has 0 aliphatic carbocycles. The third-order valence-corrected chi connectivity index (χ3v) is 5.57. The van der Waals surface area contributed by atoms with Gasteiger partial charge in [-0.2, -0.15) is 0 Å². The Hall–Kier alpha value is -3.02. The van der Waals surface area contributed by atoms with Gasteiger partial charge in [-0.1, -0.05) is 0 Å². The zero-order chi connectivity index (χ0) is 20.1. The second-order valence-corrected chi connectivity index (χ2v) is 7.76. The quantitative estimate of drug-likeness (QED) is 0.733. The van der Waals surface area contributed by atoms with Crippen LogP contribution in [0.1, 0.15) is 32.1 Å². The standard InChI is InChI=1S/C23H28N4O2/c28-22(24-18-5-9-20(10-6-18)26-13-1-2-14-26)17-23(29)25-19-7-11-21(12-8-19)27-15-3-4-16-27/h5-12H,1-4,13-17H2,(H,24,28)(H,25,29). The van der Waals surface area contributed by atoms with Crippen LogP contribution in [0.2, 0.25) is 0 Å². The smallest absolute Gasteiger partial charge is 0.233 e. The van der Waals surface area contributed by atoms with Crippen LogP contribution in [0.4, 0.5) is 22.7 Å². The molecule has 2 aliphatic rings. The molecule has 0 atom stereocenters. The van der Waals surface area contributed by atoms with Gasteiger partial charge in [-0.25, -0.2) is 0 Å². The summed E-state index contributed by atoms with van der Waals surface area (Å²) in [7, 11) is 0. The molecule has 0 aromatic heterocycles. The summed E-state index contributed by atoms with van der Waals surface area (Å²) in [6.45, 7) is 4.35. The van der Waals surface area contributed by atoms with E-state index in [1.54, 1.807) is 0 Å². The van der Waals surface area contributed by atoms with Crippen LogP contribution in [0.5, 0.6) is 0 Å². The molecule has 2 saturated heterocycles. The number of amides is 2. The van der Waals surface area contributed by atoms with Crippen molar-refractivity contribution in [3.63, 3.8) is 0 Å². The van der Waals surface area contributed by atoms with Gasteiger partial charge in [0.15, 0.2) is 0 Å². The van der Waals surface area contributed by atoms with Crippen LogP contribution in [0.25, 0.3) is 0 Å². The van der Waals surface area contributed by atoms with Gasteiger partial charge in [-0.3, -0.25) is 9.59 Å². The fourth-order valence-electron chi connectivity index (χ4n) is 4.02. The first-order chi connectivity index (χ1) is 14.2. The summed E-state index contributed by atoms with van der Waals surface area (Å²) in [6, 6.07) is 15.6. The molecule has 2 heterocycles. The summed E-state index contributed by atoms with van der Waals surface area (Å²) < 4.78 is 0. The van der Waals surface area contributed by atoms with Crippen molar-refractivity contribution in [3.05, 3.63) is 48.5 Å². The van der Waals surface area contributed by atoms with Gasteiger partial charge in [0.2, 0.25) is 11.8 Å². The van der Waals surface area contributed by atoms with E-state index in [4.69, 9.17) is 0 Å². The Morgan fingerprint density at radius 3 is 1.31 bits per heavy atom. The van der Waals surface area contributed by atoms with Crippen molar-refractivity contribution in [3.8, 4) is 0 Å². The minimum Gasteiger partial charge on any atom is -0.372 e. The number of rotatable bonds is 6. The number of carbonyl (C=O) groups is 2. The van der Waals surface area contributed by atoms with Gasteiger partial charge < -0.3 is 20.4 Å². The minimum absolute atomic E-state index is 0.207. The number of hydrogen-bond donors (Lipinski definition) is 2. The largest absolute Gasteiger partial charge is 0.372 e. The number of nitrogens with zero attached hydrogens (tertiary/aromatic N) is 2. The third kappa shape index (κ3) is 5.08. The molecule has 0 radical (unpaired) electrons. The molecule has 6 nitrogen and oxygen atoms in total. The highest BCUT2D eigenvalue weighted by molar-refractivity contribution is 6.08. The van der Waals surface area contributed by atoms with Gasteiger partial charge in [0.05, 0.1) is 0 Å². The average molecular weight is 393 g/mol. The monoisotopic (exact) mass is 392 g/mol. The van der Waals surface area contributed by atoms with E-state index in [2.05, 4.69) is 20.4 Å². The molecule has 0 saturated carbocycles. The first kappa shape index (κ1) is 19.3. The van der Waals surface area contributed by atoms with Gasteiger partial charge in [-0.05, 0) is 74.2 Å². The average Bonchev–Trinajstić information content (AvgIpc) is 3.43. The second kappa shape index (κ2) is 8.99. The summed E-state index contributed by atoms with van der Waals surface area (Å²) in [5.74, 6) is -0.629. The van der Waals surface area contributed by atoms with Crippen LogP contribution >= 0.6 is 0 Å². The lowest BCUT2D eigenvalue weighted by Crippen LogP contribution is -2.22. The molecular weight excluding hydrogens is 364 g/mol. The van der Waals surface area contributed by atoms with E-state index in [0.717, 1.165) is 26.2 Å². The highest BCUT2D eigenvalue weighted by Crippen LogP contribution is 2.23. The van der Waals surface area contributed by atoms with Crippen molar-refractivity contribution in [1.29, 1.82) is 0 Å². The molecule has 2 fully saturated rings. The highest BCUT2D eigenvalue weighted by Gasteiger charge is 2.14. The number of anilines is 4. The Morgan fingerprint density at radius 2 is 0.966 bits per heavy atom. The predicted molar refractivity (Wildman–Crippen MR) is 118 cm³/mol. The number of carbonyl (C=O) groups excluding carboxylic acids is 2. The first-order valence-corrected chi connectivity index (χ1v) is 10.5. The normalized spacial score (nSPS) is 16.1. The fraction of sp³-hybridized carbons (Fsp3) is 0.391. The van der Waals surface area contributed by atoms with Crippen molar-refractivity contribution < 1.29 is 9.59 Å². The molecule has 2 N–H and O–H groups in total. The SMILES string of the molecule is O=C(CC(=O)Nc1ccc(N2CCCC2)cc1)Nc1ccc(N2CCCC2)cc1. The van der Waals surface area contributed by atoms with Crippen molar-refractivity contribution in [1.82, 2.24) is 0 Å². The maximum absolute atomic E-state index is 12.2. The van der Waals surface area contributed by atoms with E-state index in [1.807, 2.05) is 48.5 Å². The van der Waals surface area contributed by atoms with Gasteiger partial charge in [0, 0.05) is 48.9 Å².